The maximum atomic E-state index is 3.68. The van der Waals surface area contributed by atoms with Crippen LogP contribution in [-0.2, 0) is 6.42 Å². The predicted molar refractivity (Wildman–Crippen MR) is 91.6 cm³/mol. The molecule has 0 radical (unpaired) electrons. The van der Waals surface area contributed by atoms with Crippen LogP contribution in [0.4, 0.5) is 0 Å². The van der Waals surface area contributed by atoms with Crippen LogP contribution in [0.2, 0.25) is 0 Å². The Morgan fingerprint density at radius 3 is 2.33 bits per heavy atom. The minimum Gasteiger partial charge on any atom is -0.310 e. The first-order valence-corrected chi connectivity index (χ1v) is 8.13. The van der Waals surface area contributed by atoms with Gasteiger partial charge in [0.2, 0.25) is 0 Å². The lowest BCUT2D eigenvalue weighted by atomic mass is 9.98. The molecule has 2 rings (SSSR count). The summed E-state index contributed by atoms with van der Waals surface area (Å²) in [7, 11) is 0. The Balaban J connectivity index is 1.88. The van der Waals surface area contributed by atoms with Gasteiger partial charge in [-0.2, -0.15) is 0 Å². The molecular formula is C20H27N. The van der Waals surface area contributed by atoms with Crippen molar-refractivity contribution < 1.29 is 0 Å². The normalized spacial score (nSPS) is 12.3. The van der Waals surface area contributed by atoms with Gasteiger partial charge < -0.3 is 5.32 Å². The standard InChI is InChI=1S/C20H27N/c1-3-16-21-20(19-9-5-4-6-10-19)11-7-8-18-14-12-17(2)13-15-18/h4-6,9-10,12-15,20-21H,3,7-8,11,16H2,1-2H3. The third-order valence-corrected chi connectivity index (χ3v) is 3.92. The van der Waals surface area contributed by atoms with E-state index in [1.807, 2.05) is 0 Å². The van der Waals surface area contributed by atoms with Crippen molar-refractivity contribution in [1.82, 2.24) is 5.32 Å². The van der Waals surface area contributed by atoms with E-state index in [-0.39, 0.29) is 0 Å². The fourth-order valence-electron chi connectivity index (χ4n) is 2.66. The molecule has 0 saturated carbocycles. The zero-order valence-electron chi connectivity index (χ0n) is 13.3. The van der Waals surface area contributed by atoms with Crippen molar-refractivity contribution in [3.05, 3.63) is 71.3 Å². The van der Waals surface area contributed by atoms with E-state index >= 15 is 0 Å². The molecular weight excluding hydrogens is 254 g/mol. The van der Waals surface area contributed by atoms with E-state index in [9.17, 15) is 0 Å². The van der Waals surface area contributed by atoms with Crippen LogP contribution in [0, 0.1) is 6.92 Å². The molecule has 2 aromatic carbocycles. The Kier molecular flexibility index (Phi) is 6.49. The SMILES string of the molecule is CCCNC(CCCc1ccc(C)cc1)c1ccccc1. The minimum absolute atomic E-state index is 0.483. The van der Waals surface area contributed by atoms with Crippen LogP contribution in [0.3, 0.4) is 0 Å². The molecule has 21 heavy (non-hydrogen) atoms. The summed E-state index contributed by atoms with van der Waals surface area (Å²) in [6.45, 7) is 5.45. The molecule has 112 valence electrons. The molecule has 0 aliphatic rings. The highest BCUT2D eigenvalue weighted by Gasteiger charge is 2.09. The average Bonchev–Trinajstić information content (AvgIpc) is 2.53. The van der Waals surface area contributed by atoms with Gasteiger partial charge in [0.05, 0.1) is 0 Å². The van der Waals surface area contributed by atoms with Gasteiger partial charge in [-0.3, -0.25) is 0 Å². The molecule has 0 aliphatic heterocycles. The van der Waals surface area contributed by atoms with Crippen LogP contribution in [-0.4, -0.2) is 6.54 Å². The van der Waals surface area contributed by atoms with Crippen molar-refractivity contribution in [2.45, 2.75) is 45.6 Å². The first-order chi connectivity index (χ1) is 10.3. The van der Waals surface area contributed by atoms with Crippen molar-refractivity contribution in [2.75, 3.05) is 6.54 Å². The smallest absolute Gasteiger partial charge is 0.0320 e. The lowest BCUT2D eigenvalue weighted by molar-refractivity contribution is 0.484. The summed E-state index contributed by atoms with van der Waals surface area (Å²) in [6, 6.07) is 20.2. The van der Waals surface area contributed by atoms with Gasteiger partial charge in [-0.15, -0.1) is 0 Å². The average molecular weight is 281 g/mol. The Bertz CT molecular complexity index is 501. The van der Waals surface area contributed by atoms with Gasteiger partial charge in [0.15, 0.2) is 0 Å². The molecule has 1 N–H and O–H groups in total. The van der Waals surface area contributed by atoms with E-state index < -0.39 is 0 Å². The second-order valence-electron chi connectivity index (χ2n) is 5.80. The second-order valence-corrected chi connectivity index (χ2v) is 5.80. The molecule has 1 nitrogen and oxygen atoms in total. The van der Waals surface area contributed by atoms with E-state index in [4.69, 9.17) is 0 Å². The van der Waals surface area contributed by atoms with Crippen molar-refractivity contribution in [3.8, 4) is 0 Å². The Morgan fingerprint density at radius 1 is 0.952 bits per heavy atom. The summed E-state index contributed by atoms with van der Waals surface area (Å²) in [5, 5.41) is 3.68. The zero-order valence-corrected chi connectivity index (χ0v) is 13.3. The van der Waals surface area contributed by atoms with E-state index in [1.54, 1.807) is 0 Å². The first kappa shape index (κ1) is 15.8. The third-order valence-electron chi connectivity index (χ3n) is 3.92. The van der Waals surface area contributed by atoms with Crippen molar-refractivity contribution in [1.29, 1.82) is 0 Å². The lowest BCUT2D eigenvalue weighted by Gasteiger charge is -2.19. The predicted octanol–water partition coefficient (Wildman–Crippen LogP) is 5.06. The van der Waals surface area contributed by atoms with Crippen LogP contribution in [0.5, 0.6) is 0 Å². The van der Waals surface area contributed by atoms with Crippen LogP contribution in [0.1, 0.15) is 48.9 Å². The number of nitrogens with one attached hydrogen (secondary N) is 1. The summed E-state index contributed by atoms with van der Waals surface area (Å²) in [5.74, 6) is 0. The number of hydrogen-bond acceptors (Lipinski definition) is 1. The Hall–Kier alpha value is -1.60. The van der Waals surface area contributed by atoms with Gasteiger partial charge in [-0.05, 0) is 50.3 Å². The highest BCUT2D eigenvalue weighted by Crippen LogP contribution is 2.20. The highest BCUT2D eigenvalue weighted by atomic mass is 14.9. The number of rotatable bonds is 8. The molecule has 0 aromatic heterocycles. The zero-order chi connectivity index (χ0) is 14.9. The molecule has 0 saturated heterocycles. The minimum atomic E-state index is 0.483. The Morgan fingerprint density at radius 2 is 1.67 bits per heavy atom. The molecule has 0 heterocycles. The van der Waals surface area contributed by atoms with E-state index in [0.717, 1.165) is 13.0 Å². The molecule has 1 unspecified atom stereocenters. The maximum Gasteiger partial charge on any atom is 0.0320 e. The lowest BCUT2D eigenvalue weighted by Crippen LogP contribution is -2.22. The van der Waals surface area contributed by atoms with Crippen LogP contribution < -0.4 is 5.32 Å². The molecule has 0 fully saturated rings. The van der Waals surface area contributed by atoms with Gasteiger partial charge in [0.25, 0.3) is 0 Å². The quantitative estimate of drug-likeness (QED) is 0.713. The summed E-state index contributed by atoms with van der Waals surface area (Å²) in [6.07, 6.45) is 4.76. The van der Waals surface area contributed by atoms with Gasteiger partial charge in [0.1, 0.15) is 0 Å². The van der Waals surface area contributed by atoms with Crippen molar-refractivity contribution >= 4 is 0 Å². The monoisotopic (exact) mass is 281 g/mol. The van der Waals surface area contributed by atoms with Gasteiger partial charge in [-0.1, -0.05) is 67.1 Å². The van der Waals surface area contributed by atoms with E-state index in [0.29, 0.717) is 6.04 Å². The van der Waals surface area contributed by atoms with Crippen molar-refractivity contribution in [3.63, 3.8) is 0 Å². The molecule has 1 heteroatoms. The molecule has 2 aromatic rings. The summed E-state index contributed by atoms with van der Waals surface area (Å²) >= 11 is 0. The van der Waals surface area contributed by atoms with Crippen LogP contribution in [0.25, 0.3) is 0 Å². The van der Waals surface area contributed by atoms with E-state index in [1.165, 1.54) is 36.0 Å². The van der Waals surface area contributed by atoms with Crippen LogP contribution >= 0.6 is 0 Å². The highest BCUT2D eigenvalue weighted by molar-refractivity contribution is 5.22. The summed E-state index contributed by atoms with van der Waals surface area (Å²) in [4.78, 5) is 0. The van der Waals surface area contributed by atoms with Crippen LogP contribution in [0.15, 0.2) is 54.6 Å². The summed E-state index contributed by atoms with van der Waals surface area (Å²) in [5.41, 5.74) is 4.20. The second kappa shape index (κ2) is 8.63. The number of aryl methyl sites for hydroxylation is 2. The number of benzene rings is 2. The fraction of sp³-hybridized carbons (Fsp3) is 0.400. The van der Waals surface area contributed by atoms with Crippen molar-refractivity contribution in [2.24, 2.45) is 0 Å². The largest absolute Gasteiger partial charge is 0.310 e. The third kappa shape index (κ3) is 5.35. The fourth-order valence-corrected chi connectivity index (χ4v) is 2.66. The molecule has 0 bridgehead atoms. The molecule has 0 aliphatic carbocycles. The maximum absolute atomic E-state index is 3.68. The first-order valence-electron chi connectivity index (χ1n) is 8.13. The number of hydrogen-bond donors (Lipinski definition) is 1. The molecule has 0 spiro atoms. The topological polar surface area (TPSA) is 12.0 Å². The van der Waals surface area contributed by atoms with Gasteiger partial charge >= 0.3 is 0 Å². The summed E-state index contributed by atoms with van der Waals surface area (Å²) < 4.78 is 0. The van der Waals surface area contributed by atoms with Gasteiger partial charge in [-0.25, -0.2) is 0 Å². The van der Waals surface area contributed by atoms with Gasteiger partial charge in [0, 0.05) is 6.04 Å². The molecule has 1 atom stereocenters. The molecule has 0 amide bonds. The van der Waals surface area contributed by atoms with E-state index in [2.05, 4.69) is 73.8 Å². The Labute approximate surface area is 129 Å².